The number of aromatic nitrogens is 1. The summed E-state index contributed by atoms with van der Waals surface area (Å²) in [6, 6.07) is 10.6. The number of nitrogens with zero attached hydrogens (tertiary/aromatic N) is 1. The number of methoxy groups -OCH3 is 1. The molecule has 108 valence electrons. The van der Waals surface area contributed by atoms with E-state index in [1.165, 1.54) is 17.5 Å². The van der Waals surface area contributed by atoms with E-state index in [9.17, 15) is 5.11 Å². The summed E-state index contributed by atoms with van der Waals surface area (Å²) in [4.78, 5) is 4.16. The molecule has 1 saturated carbocycles. The molecule has 2 aliphatic rings. The molecule has 1 fully saturated rings. The molecule has 0 bridgehead atoms. The Balaban J connectivity index is 1.61. The number of rotatable bonds is 3. The molecule has 4 rings (SSSR count). The van der Waals surface area contributed by atoms with Crippen molar-refractivity contribution in [3.8, 4) is 5.75 Å². The number of ether oxygens (including phenoxy) is 1. The van der Waals surface area contributed by atoms with E-state index in [1.54, 1.807) is 19.5 Å². The SMILES string of the molecule is COc1cncc(C(O)C2C3CCc4ccccc4C32)c1. The van der Waals surface area contributed by atoms with Gasteiger partial charge >= 0.3 is 0 Å². The number of aliphatic hydroxyl groups is 1. The Bertz CT molecular complexity index is 670. The maximum absolute atomic E-state index is 10.7. The lowest BCUT2D eigenvalue weighted by Gasteiger charge is -2.13. The van der Waals surface area contributed by atoms with Crippen molar-refractivity contribution < 1.29 is 9.84 Å². The zero-order valence-corrected chi connectivity index (χ0v) is 12.1. The second-order valence-electron chi connectivity index (χ2n) is 6.11. The van der Waals surface area contributed by atoms with Gasteiger partial charge in [0.25, 0.3) is 0 Å². The number of hydrogen-bond acceptors (Lipinski definition) is 3. The molecule has 21 heavy (non-hydrogen) atoms. The van der Waals surface area contributed by atoms with E-state index < -0.39 is 6.10 Å². The van der Waals surface area contributed by atoms with Crippen molar-refractivity contribution in [3.63, 3.8) is 0 Å². The second-order valence-corrected chi connectivity index (χ2v) is 6.11. The molecule has 2 aliphatic carbocycles. The van der Waals surface area contributed by atoms with Crippen molar-refractivity contribution in [2.45, 2.75) is 24.9 Å². The molecule has 0 amide bonds. The van der Waals surface area contributed by atoms with Crippen LogP contribution < -0.4 is 4.74 Å². The van der Waals surface area contributed by atoms with Crippen molar-refractivity contribution in [2.24, 2.45) is 11.8 Å². The first-order chi connectivity index (χ1) is 10.3. The van der Waals surface area contributed by atoms with E-state index in [0.717, 1.165) is 12.0 Å². The highest BCUT2D eigenvalue weighted by Crippen LogP contribution is 2.64. The van der Waals surface area contributed by atoms with Crippen molar-refractivity contribution in [1.82, 2.24) is 4.98 Å². The molecule has 0 spiro atoms. The van der Waals surface area contributed by atoms with E-state index >= 15 is 0 Å². The average Bonchev–Trinajstić information content (AvgIpc) is 3.29. The monoisotopic (exact) mass is 281 g/mol. The normalized spacial score (nSPS) is 27.4. The van der Waals surface area contributed by atoms with E-state index in [4.69, 9.17) is 4.74 Å². The van der Waals surface area contributed by atoms with E-state index in [-0.39, 0.29) is 0 Å². The molecule has 0 radical (unpaired) electrons. The molecule has 1 aromatic heterocycles. The van der Waals surface area contributed by atoms with Gasteiger partial charge in [0.05, 0.1) is 19.4 Å². The zero-order chi connectivity index (χ0) is 14.4. The number of benzene rings is 1. The van der Waals surface area contributed by atoms with Crippen molar-refractivity contribution >= 4 is 0 Å². The third kappa shape index (κ3) is 2.04. The first-order valence-electron chi connectivity index (χ1n) is 7.54. The Kier molecular flexibility index (Phi) is 2.96. The zero-order valence-electron chi connectivity index (χ0n) is 12.1. The summed E-state index contributed by atoms with van der Waals surface area (Å²) < 4.78 is 5.21. The topological polar surface area (TPSA) is 42.4 Å². The van der Waals surface area contributed by atoms with E-state index in [0.29, 0.717) is 23.5 Å². The molecule has 1 aromatic carbocycles. The van der Waals surface area contributed by atoms with Crippen molar-refractivity contribution in [3.05, 3.63) is 59.4 Å². The fourth-order valence-corrected chi connectivity index (χ4v) is 3.98. The van der Waals surface area contributed by atoms with E-state index in [2.05, 4.69) is 29.2 Å². The first kappa shape index (κ1) is 12.8. The summed E-state index contributed by atoms with van der Waals surface area (Å²) >= 11 is 0. The predicted octanol–water partition coefficient (Wildman–Crippen LogP) is 3.10. The maximum atomic E-state index is 10.7. The van der Waals surface area contributed by atoms with Gasteiger partial charge in [-0.25, -0.2) is 0 Å². The molecule has 4 atom stereocenters. The summed E-state index contributed by atoms with van der Waals surface area (Å²) in [6.07, 6.45) is 5.29. The van der Waals surface area contributed by atoms with Gasteiger partial charge in [0.2, 0.25) is 0 Å². The van der Waals surface area contributed by atoms with Gasteiger partial charge in [-0.1, -0.05) is 24.3 Å². The minimum atomic E-state index is -0.450. The van der Waals surface area contributed by atoms with Crippen LogP contribution in [0.15, 0.2) is 42.7 Å². The van der Waals surface area contributed by atoms with Crippen LogP contribution in [0.2, 0.25) is 0 Å². The van der Waals surface area contributed by atoms with Crippen LogP contribution in [0.5, 0.6) is 5.75 Å². The highest BCUT2D eigenvalue weighted by molar-refractivity contribution is 5.41. The summed E-state index contributed by atoms with van der Waals surface area (Å²) in [5.74, 6) is 2.15. The lowest BCUT2D eigenvalue weighted by Crippen LogP contribution is -2.03. The van der Waals surface area contributed by atoms with Gasteiger partial charge in [0.15, 0.2) is 0 Å². The van der Waals surface area contributed by atoms with Crippen LogP contribution in [-0.4, -0.2) is 17.2 Å². The molecule has 1 N–H and O–H groups in total. The summed E-state index contributed by atoms with van der Waals surface area (Å²) in [7, 11) is 1.63. The van der Waals surface area contributed by atoms with Crippen molar-refractivity contribution in [1.29, 1.82) is 0 Å². The number of aryl methyl sites for hydroxylation is 1. The maximum Gasteiger partial charge on any atom is 0.137 e. The Labute approximate surface area is 124 Å². The highest BCUT2D eigenvalue weighted by atomic mass is 16.5. The van der Waals surface area contributed by atoms with Gasteiger partial charge in [-0.05, 0) is 47.8 Å². The number of pyridine rings is 1. The molecule has 1 heterocycles. The van der Waals surface area contributed by atoms with Gasteiger partial charge in [-0.15, -0.1) is 0 Å². The molecular formula is C18H19NO2. The molecule has 3 heteroatoms. The molecule has 2 aromatic rings. The Morgan fingerprint density at radius 3 is 3.00 bits per heavy atom. The van der Waals surface area contributed by atoms with Crippen LogP contribution in [-0.2, 0) is 6.42 Å². The molecule has 0 saturated heterocycles. The minimum Gasteiger partial charge on any atom is -0.495 e. The fourth-order valence-electron chi connectivity index (χ4n) is 3.98. The molecule has 0 aliphatic heterocycles. The van der Waals surface area contributed by atoms with Gasteiger partial charge in [-0.2, -0.15) is 0 Å². The summed E-state index contributed by atoms with van der Waals surface area (Å²) in [5.41, 5.74) is 3.76. The molecular weight excluding hydrogens is 262 g/mol. The quantitative estimate of drug-likeness (QED) is 0.940. The van der Waals surface area contributed by atoms with Crippen LogP contribution in [0.3, 0.4) is 0 Å². The lowest BCUT2D eigenvalue weighted by atomic mass is 9.92. The first-order valence-corrected chi connectivity index (χ1v) is 7.54. The third-order valence-electron chi connectivity index (χ3n) is 5.07. The van der Waals surface area contributed by atoms with Crippen LogP contribution in [0.4, 0.5) is 0 Å². The Morgan fingerprint density at radius 1 is 1.29 bits per heavy atom. The van der Waals surface area contributed by atoms with Crippen LogP contribution in [0.1, 0.15) is 35.1 Å². The number of hydrogen-bond donors (Lipinski definition) is 1. The fraction of sp³-hybridized carbons (Fsp3) is 0.389. The predicted molar refractivity (Wildman–Crippen MR) is 80.2 cm³/mol. The van der Waals surface area contributed by atoms with Crippen LogP contribution in [0.25, 0.3) is 0 Å². The number of fused-ring (bicyclic) bond motifs is 3. The molecule has 4 unspecified atom stereocenters. The van der Waals surface area contributed by atoms with Gasteiger partial charge in [0.1, 0.15) is 5.75 Å². The van der Waals surface area contributed by atoms with Crippen molar-refractivity contribution in [2.75, 3.05) is 7.11 Å². The molecule has 3 nitrogen and oxygen atoms in total. The minimum absolute atomic E-state index is 0.322. The van der Waals surface area contributed by atoms with Gasteiger partial charge in [0, 0.05) is 11.8 Å². The summed E-state index contributed by atoms with van der Waals surface area (Å²) in [6.45, 7) is 0. The lowest BCUT2D eigenvalue weighted by molar-refractivity contribution is 0.144. The number of aliphatic hydroxyl groups excluding tert-OH is 1. The largest absolute Gasteiger partial charge is 0.495 e. The van der Waals surface area contributed by atoms with Gasteiger partial charge < -0.3 is 9.84 Å². The van der Waals surface area contributed by atoms with E-state index in [1.807, 2.05) is 6.07 Å². The van der Waals surface area contributed by atoms with Gasteiger partial charge in [-0.3, -0.25) is 4.98 Å². The Hall–Kier alpha value is -1.87. The second kappa shape index (κ2) is 4.85. The van der Waals surface area contributed by atoms with Crippen LogP contribution in [0, 0.1) is 11.8 Å². The smallest absolute Gasteiger partial charge is 0.137 e. The average molecular weight is 281 g/mol. The highest BCUT2D eigenvalue weighted by Gasteiger charge is 2.56. The summed E-state index contributed by atoms with van der Waals surface area (Å²) in [5, 5.41) is 10.7. The Morgan fingerprint density at radius 2 is 2.14 bits per heavy atom. The standard InChI is InChI=1S/C18H19NO2/c1-21-13-8-12(9-19-10-13)18(20)17-15-7-6-11-4-2-3-5-14(11)16(15)17/h2-5,8-10,15-18,20H,6-7H2,1H3. The third-order valence-corrected chi connectivity index (χ3v) is 5.07. The van der Waals surface area contributed by atoms with Crippen LogP contribution >= 0.6 is 0 Å².